The minimum atomic E-state index is 0.267. The van der Waals surface area contributed by atoms with E-state index in [9.17, 15) is 4.79 Å². The maximum absolute atomic E-state index is 12.0. The molecule has 0 heterocycles. The fourth-order valence-corrected chi connectivity index (χ4v) is 3.22. The first kappa shape index (κ1) is 12.9. The summed E-state index contributed by atoms with van der Waals surface area (Å²) in [6.45, 7) is 3.08. The van der Waals surface area contributed by atoms with Crippen LogP contribution in [0.25, 0.3) is 0 Å². The third kappa shape index (κ3) is 3.44. The van der Waals surface area contributed by atoms with Gasteiger partial charge in [-0.15, -0.1) is 0 Å². The van der Waals surface area contributed by atoms with Crippen LogP contribution in [-0.4, -0.2) is 18.5 Å². The fourth-order valence-electron chi connectivity index (χ4n) is 3.22. The van der Waals surface area contributed by atoms with Gasteiger partial charge in [0.2, 0.25) is 5.91 Å². The molecule has 0 spiro atoms. The van der Waals surface area contributed by atoms with Crippen molar-refractivity contribution < 1.29 is 4.79 Å². The maximum atomic E-state index is 12.0. The number of hydrogen-bond donors (Lipinski definition) is 2. The van der Waals surface area contributed by atoms with Gasteiger partial charge in [0, 0.05) is 18.5 Å². The number of nitrogens with two attached hydrogens (primary N) is 1. The smallest absolute Gasteiger partial charge is 0.223 e. The summed E-state index contributed by atoms with van der Waals surface area (Å²) in [7, 11) is 0. The number of nitrogens with one attached hydrogen (secondary N) is 1. The number of amides is 1. The predicted octanol–water partition coefficient (Wildman–Crippen LogP) is 2.06. The van der Waals surface area contributed by atoms with E-state index in [2.05, 4.69) is 12.2 Å². The Bertz CT molecular complexity index is 259. The van der Waals surface area contributed by atoms with Crippen LogP contribution in [0.1, 0.15) is 51.9 Å². The molecule has 3 heteroatoms. The summed E-state index contributed by atoms with van der Waals surface area (Å²) >= 11 is 0. The molecule has 0 aromatic carbocycles. The van der Waals surface area contributed by atoms with Crippen molar-refractivity contribution in [3.8, 4) is 0 Å². The highest BCUT2D eigenvalue weighted by Crippen LogP contribution is 2.28. The highest BCUT2D eigenvalue weighted by atomic mass is 16.1. The molecule has 2 rings (SSSR count). The molecule has 17 heavy (non-hydrogen) atoms. The third-order valence-corrected chi connectivity index (χ3v) is 4.64. The van der Waals surface area contributed by atoms with Crippen LogP contribution < -0.4 is 11.1 Å². The van der Waals surface area contributed by atoms with Crippen LogP contribution in [-0.2, 0) is 4.79 Å². The molecule has 2 aliphatic rings. The minimum Gasteiger partial charge on any atom is -0.356 e. The van der Waals surface area contributed by atoms with E-state index in [1.165, 1.54) is 25.7 Å². The molecule has 2 unspecified atom stereocenters. The highest BCUT2D eigenvalue weighted by Gasteiger charge is 2.27. The highest BCUT2D eigenvalue weighted by molar-refractivity contribution is 5.78. The van der Waals surface area contributed by atoms with Crippen molar-refractivity contribution in [1.82, 2.24) is 5.32 Å². The van der Waals surface area contributed by atoms with Gasteiger partial charge in [-0.05, 0) is 50.4 Å². The van der Waals surface area contributed by atoms with Crippen LogP contribution in [0.15, 0.2) is 0 Å². The van der Waals surface area contributed by atoms with Crippen LogP contribution in [0.3, 0.4) is 0 Å². The lowest BCUT2D eigenvalue weighted by molar-refractivity contribution is -0.126. The number of carbonyl (C=O) groups is 1. The Morgan fingerprint density at radius 1 is 1.18 bits per heavy atom. The quantitative estimate of drug-likeness (QED) is 0.790. The Labute approximate surface area is 105 Å². The topological polar surface area (TPSA) is 55.1 Å². The summed E-state index contributed by atoms with van der Waals surface area (Å²) in [6.07, 6.45) is 8.10. The van der Waals surface area contributed by atoms with Crippen molar-refractivity contribution in [2.24, 2.45) is 23.5 Å². The first-order valence-corrected chi connectivity index (χ1v) is 7.20. The Hall–Kier alpha value is -0.570. The lowest BCUT2D eigenvalue weighted by Gasteiger charge is -2.26. The number of hydrogen-bond acceptors (Lipinski definition) is 2. The monoisotopic (exact) mass is 238 g/mol. The molecule has 2 saturated carbocycles. The van der Waals surface area contributed by atoms with Gasteiger partial charge in [-0.25, -0.2) is 0 Å². The van der Waals surface area contributed by atoms with Crippen molar-refractivity contribution in [2.75, 3.05) is 6.54 Å². The molecule has 2 atom stereocenters. The molecule has 0 bridgehead atoms. The molecule has 0 aromatic rings. The number of carbonyl (C=O) groups excluding carboxylic acids is 1. The van der Waals surface area contributed by atoms with E-state index in [4.69, 9.17) is 5.73 Å². The zero-order valence-corrected chi connectivity index (χ0v) is 11.0. The van der Waals surface area contributed by atoms with E-state index in [1.807, 2.05) is 0 Å². The van der Waals surface area contributed by atoms with Crippen LogP contribution in [0.4, 0.5) is 0 Å². The van der Waals surface area contributed by atoms with Gasteiger partial charge in [0.15, 0.2) is 0 Å². The minimum absolute atomic E-state index is 0.267. The molecule has 0 saturated heterocycles. The van der Waals surface area contributed by atoms with Gasteiger partial charge in [-0.3, -0.25) is 4.79 Å². The molecule has 0 radical (unpaired) electrons. The van der Waals surface area contributed by atoms with E-state index in [1.54, 1.807) is 0 Å². The maximum Gasteiger partial charge on any atom is 0.223 e. The summed E-state index contributed by atoms with van der Waals surface area (Å²) < 4.78 is 0. The summed E-state index contributed by atoms with van der Waals surface area (Å²) in [5.74, 6) is 1.86. The molecule has 0 aliphatic heterocycles. The lowest BCUT2D eigenvalue weighted by atomic mass is 9.82. The average Bonchev–Trinajstić information content (AvgIpc) is 2.73. The molecular formula is C14H26N2O. The van der Waals surface area contributed by atoms with E-state index in [-0.39, 0.29) is 11.8 Å². The average molecular weight is 238 g/mol. The van der Waals surface area contributed by atoms with Crippen LogP contribution >= 0.6 is 0 Å². The second-order valence-electron chi connectivity index (χ2n) is 6.06. The molecular weight excluding hydrogens is 212 g/mol. The van der Waals surface area contributed by atoms with Gasteiger partial charge in [0.25, 0.3) is 0 Å². The first-order chi connectivity index (χ1) is 8.16. The molecule has 2 aliphatic carbocycles. The third-order valence-electron chi connectivity index (χ3n) is 4.64. The largest absolute Gasteiger partial charge is 0.356 e. The van der Waals surface area contributed by atoms with Gasteiger partial charge in [0.1, 0.15) is 0 Å². The molecule has 2 fully saturated rings. The normalized spacial score (nSPS) is 38.0. The zero-order valence-electron chi connectivity index (χ0n) is 11.0. The SMILES string of the molecule is CC1CCC(C(=O)NCC2CCCC2N)CC1. The van der Waals surface area contributed by atoms with Crippen molar-refractivity contribution >= 4 is 5.91 Å². The first-order valence-electron chi connectivity index (χ1n) is 7.20. The van der Waals surface area contributed by atoms with Gasteiger partial charge in [-0.2, -0.15) is 0 Å². The van der Waals surface area contributed by atoms with Crippen LogP contribution in [0, 0.1) is 17.8 Å². The van der Waals surface area contributed by atoms with Gasteiger partial charge in [-0.1, -0.05) is 13.3 Å². The van der Waals surface area contributed by atoms with Crippen LogP contribution in [0.5, 0.6) is 0 Å². The predicted molar refractivity (Wildman–Crippen MR) is 69.4 cm³/mol. The fraction of sp³-hybridized carbons (Fsp3) is 0.929. The molecule has 3 N–H and O–H groups in total. The molecule has 3 nitrogen and oxygen atoms in total. The summed E-state index contributed by atoms with van der Waals surface area (Å²) in [6, 6.07) is 0.307. The molecule has 0 aromatic heterocycles. The Kier molecular flexibility index (Phi) is 4.43. The Morgan fingerprint density at radius 3 is 2.47 bits per heavy atom. The summed E-state index contributed by atoms with van der Waals surface area (Å²) in [5.41, 5.74) is 6.01. The standard InChI is InChI=1S/C14H26N2O/c1-10-5-7-11(8-6-10)14(17)16-9-12-3-2-4-13(12)15/h10-13H,2-9,15H2,1H3,(H,16,17). The lowest BCUT2D eigenvalue weighted by Crippen LogP contribution is -2.39. The van der Waals surface area contributed by atoms with Crippen molar-refractivity contribution in [3.63, 3.8) is 0 Å². The van der Waals surface area contributed by atoms with Crippen molar-refractivity contribution in [3.05, 3.63) is 0 Å². The van der Waals surface area contributed by atoms with Crippen LogP contribution in [0.2, 0.25) is 0 Å². The Balaban J connectivity index is 1.70. The summed E-state index contributed by atoms with van der Waals surface area (Å²) in [4.78, 5) is 12.0. The van der Waals surface area contributed by atoms with Gasteiger partial charge in [0.05, 0.1) is 0 Å². The van der Waals surface area contributed by atoms with Gasteiger partial charge >= 0.3 is 0 Å². The van der Waals surface area contributed by atoms with E-state index >= 15 is 0 Å². The second kappa shape index (κ2) is 5.85. The molecule has 98 valence electrons. The van der Waals surface area contributed by atoms with Crippen molar-refractivity contribution in [2.45, 2.75) is 57.9 Å². The summed E-state index contributed by atoms with van der Waals surface area (Å²) in [5, 5.41) is 3.12. The van der Waals surface area contributed by atoms with Gasteiger partial charge < -0.3 is 11.1 Å². The zero-order chi connectivity index (χ0) is 12.3. The van der Waals surface area contributed by atoms with Crippen molar-refractivity contribution in [1.29, 1.82) is 0 Å². The van der Waals surface area contributed by atoms with E-state index in [0.29, 0.717) is 12.0 Å². The Morgan fingerprint density at radius 2 is 1.88 bits per heavy atom. The van der Waals surface area contributed by atoms with E-state index < -0.39 is 0 Å². The molecule has 1 amide bonds. The number of rotatable bonds is 3. The van der Waals surface area contributed by atoms with E-state index in [0.717, 1.165) is 31.7 Å². The second-order valence-corrected chi connectivity index (χ2v) is 6.06.